The van der Waals surface area contributed by atoms with Gasteiger partial charge in [0.15, 0.2) is 5.49 Å². The van der Waals surface area contributed by atoms with E-state index in [0.717, 1.165) is 36.7 Å². The molecule has 0 spiro atoms. The molecule has 1 aromatic heterocycles. The van der Waals surface area contributed by atoms with Crippen molar-refractivity contribution in [2.45, 2.75) is 64.2 Å². The Hall–Kier alpha value is -3.24. The molecule has 2 aromatic rings. The van der Waals surface area contributed by atoms with E-state index in [1.165, 1.54) is 4.90 Å². The first kappa shape index (κ1) is 25.8. The number of halogens is 3. The fourth-order valence-corrected chi connectivity index (χ4v) is 4.34. The standard InChI is InChI=1S/C25H31F3N4O4/c1-24(2,3)20-12-21(32(30(20)4)13-15-5-6-15)29-22(33)18-11-16(25(26,27)28)7-8-19(18)36-14-17-9-10-31(17)23(34)35/h7-8,11-12,15,17H,5-6,9-10,13-14H2,1-4H3,(H,34,35)/t17-/m0/s1. The summed E-state index contributed by atoms with van der Waals surface area (Å²) in [6, 6.07) is 4.06. The lowest BCUT2D eigenvalue weighted by molar-refractivity contribution is -0.137. The predicted molar refractivity (Wildman–Crippen MR) is 125 cm³/mol. The summed E-state index contributed by atoms with van der Waals surface area (Å²) in [5, 5.41) is 9.18. The van der Waals surface area contributed by atoms with Crippen molar-refractivity contribution in [3.63, 3.8) is 0 Å². The Morgan fingerprint density at radius 1 is 1.14 bits per heavy atom. The van der Waals surface area contributed by atoms with Crippen molar-refractivity contribution in [3.05, 3.63) is 46.6 Å². The highest BCUT2D eigenvalue weighted by atomic mass is 19.4. The third kappa shape index (κ3) is 5.44. The van der Waals surface area contributed by atoms with E-state index in [1.807, 2.05) is 37.2 Å². The minimum atomic E-state index is -4.65. The van der Waals surface area contributed by atoms with E-state index >= 15 is 0 Å². The fourth-order valence-electron chi connectivity index (χ4n) is 4.34. The highest BCUT2D eigenvalue weighted by Gasteiger charge is 2.35. The molecule has 1 N–H and O–H groups in total. The summed E-state index contributed by atoms with van der Waals surface area (Å²) >= 11 is 0. The molecule has 11 heteroatoms. The van der Waals surface area contributed by atoms with Crippen LogP contribution < -0.4 is 10.2 Å². The predicted octanol–water partition coefficient (Wildman–Crippen LogP) is 4.43. The average Bonchev–Trinajstić information content (AvgIpc) is 3.50. The molecular formula is C25H31F3N4O4. The highest BCUT2D eigenvalue weighted by molar-refractivity contribution is 5.97. The number of carbonyl (C=O) groups is 2. The number of ether oxygens (including phenoxy) is 1. The lowest BCUT2D eigenvalue weighted by atomic mass is 9.92. The Bertz CT molecular complexity index is 1240. The molecule has 2 aliphatic rings. The Kier molecular flexibility index (Phi) is 6.70. The number of likely N-dealkylation sites (tertiary alicyclic amines) is 1. The van der Waals surface area contributed by atoms with E-state index in [4.69, 9.17) is 4.74 Å². The zero-order valence-corrected chi connectivity index (χ0v) is 20.8. The van der Waals surface area contributed by atoms with Crippen molar-refractivity contribution in [3.8, 4) is 5.75 Å². The molecule has 1 aromatic carbocycles. The van der Waals surface area contributed by atoms with Crippen molar-refractivity contribution < 1.29 is 32.6 Å². The first-order chi connectivity index (χ1) is 16.8. The minimum absolute atomic E-state index is 0.0605. The van der Waals surface area contributed by atoms with Gasteiger partial charge in [-0.25, -0.2) is 4.79 Å². The van der Waals surface area contributed by atoms with Gasteiger partial charge in [-0.15, -0.1) is 0 Å². The number of rotatable bonds is 6. The molecule has 1 saturated heterocycles. The lowest BCUT2D eigenvalue weighted by Gasteiger charge is -2.38. The monoisotopic (exact) mass is 508 g/mol. The van der Waals surface area contributed by atoms with Crippen LogP contribution in [0, 0.1) is 5.92 Å². The number of aromatic nitrogens is 2. The third-order valence-electron chi connectivity index (χ3n) is 6.71. The molecule has 196 valence electrons. The quantitative estimate of drug-likeness (QED) is 0.626. The molecule has 2 fully saturated rings. The molecular weight excluding hydrogens is 477 g/mol. The Balaban J connectivity index is 1.71. The molecule has 8 nitrogen and oxygen atoms in total. The summed E-state index contributed by atoms with van der Waals surface area (Å²) in [5.74, 6) is -0.433. The van der Waals surface area contributed by atoms with E-state index in [0.29, 0.717) is 30.9 Å². The zero-order valence-electron chi connectivity index (χ0n) is 20.8. The molecule has 1 atom stereocenters. The highest BCUT2D eigenvalue weighted by Crippen LogP contribution is 2.34. The van der Waals surface area contributed by atoms with Gasteiger partial charge in [-0.2, -0.15) is 18.2 Å². The van der Waals surface area contributed by atoms with Crippen molar-refractivity contribution in [2.24, 2.45) is 18.0 Å². The SMILES string of the molecule is Cn1c(C(C)(C)C)cc(=NC(=O)c2cc(C(F)(F)F)ccc2OC[C@@H]2CCN2C(=O)O)n1CC1CC1. The maximum Gasteiger partial charge on any atom is 0.416 e. The molecule has 2 heterocycles. The second-order valence-corrected chi connectivity index (χ2v) is 10.5. The smallest absolute Gasteiger partial charge is 0.416 e. The van der Waals surface area contributed by atoms with Gasteiger partial charge in [0.05, 0.1) is 17.2 Å². The van der Waals surface area contributed by atoms with Gasteiger partial charge in [0.1, 0.15) is 12.4 Å². The first-order valence-corrected chi connectivity index (χ1v) is 12.0. The Morgan fingerprint density at radius 2 is 1.83 bits per heavy atom. The Morgan fingerprint density at radius 3 is 2.36 bits per heavy atom. The normalized spacial score (nSPS) is 18.8. The summed E-state index contributed by atoms with van der Waals surface area (Å²) in [4.78, 5) is 30.0. The van der Waals surface area contributed by atoms with E-state index in [2.05, 4.69) is 4.99 Å². The number of benzene rings is 1. The van der Waals surface area contributed by atoms with Crippen molar-refractivity contribution in [1.29, 1.82) is 0 Å². The van der Waals surface area contributed by atoms with Gasteiger partial charge in [-0.05, 0) is 43.4 Å². The summed E-state index contributed by atoms with van der Waals surface area (Å²) in [6.45, 7) is 7.07. The molecule has 2 amide bonds. The molecule has 36 heavy (non-hydrogen) atoms. The average molecular weight is 509 g/mol. The Labute approximate surface area is 207 Å². The van der Waals surface area contributed by atoms with Crippen LogP contribution in [0.15, 0.2) is 29.3 Å². The van der Waals surface area contributed by atoms with Gasteiger partial charge < -0.3 is 14.7 Å². The number of carbonyl (C=O) groups excluding carboxylic acids is 1. The van der Waals surface area contributed by atoms with Crippen molar-refractivity contribution in [1.82, 2.24) is 14.3 Å². The summed E-state index contributed by atoms with van der Waals surface area (Å²) < 4.78 is 49.9. The van der Waals surface area contributed by atoms with Crippen LogP contribution in [0.3, 0.4) is 0 Å². The van der Waals surface area contributed by atoms with Gasteiger partial charge in [-0.1, -0.05) is 20.8 Å². The number of hydrogen-bond acceptors (Lipinski definition) is 3. The number of amides is 2. The minimum Gasteiger partial charge on any atom is -0.491 e. The zero-order chi connectivity index (χ0) is 26.4. The van der Waals surface area contributed by atoms with Gasteiger partial charge in [0, 0.05) is 37.3 Å². The third-order valence-corrected chi connectivity index (χ3v) is 6.71. The van der Waals surface area contributed by atoms with Crippen LogP contribution >= 0.6 is 0 Å². The van der Waals surface area contributed by atoms with Crippen LogP contribution in [0.1, 0.15) is 61.6 Å². The van der Waals surface area contributed by atoms with Crippen LogP contribution in [0.4, 0.5) is 18.0 Å². The van der Waals surface area contributed by atoms with E-state index in [1.54, 1.807) is 6.07 Å². The maximum absolute atomic E-state index is 13.4. The molecule has 0 bridgehead atoms. The number of alkyl halides is 3. The van der Waals surface area contributed by atoms with Crippen LogP contribution in [0.5, 0.6) is 5.75 Å². The molecule has 1 aliphatic heterocycles. The summed E-state index contributed by atoms with van der Waals surface area (Å²) in [6.07, 6.45) is -3.01. The van der Waals surface area contributed by atoms with Gasteiger partial charge in [0.25, 0.3) is 5.91 Å². The molecule has 4 rings (SSSR count). The van der Waals surface area contributed by atoms with E-state index in [-0.39, 0.29) is 23.3 Å². The summed E-state index contributed by atoms with van der Waals surface area (Å²) in [5.41, 5.74) is -0.225. The molecule has 0 radical (unpaired) electrons. The molecule has 0 unspecified atom stereocenters. The van der Waals surface area contributed by atoms with Gasteiger partial charge >= 0.3 is 12.3 Å². The van der Waals surface area contributed by atoms with E-state index in [9.17, 15) is 27.9 Å². The van der Waals surface area contributed by atoms with Crippen molar-refractivity contribution >= 4 is 12.0 Å². The van der Waals surface area contributed by atoms with Gasteiger partial charge in [-0.3, -0.25) is 14.2 Å². The van der Waals surface area contributed by atoms with E-state index < -0.39 is 29.8 Å². The molecule has 1 aliphatic carbocycles. The van der Waals surface area contributed by atoms with Gasteiger partial charge in [0.2, 0.25) is 0 Å². The second kappa shape index (κ2) is 9.33. The lowest BCUT2D eigenvalue weighted by Crippen LogP contribution is -2.53. The first-order valence-electron chi connectivity index (χ1n) is 12.0. The fraction of sp³-hybridized carbons (Fsp3) is 0.560. The number of carboxylic acid groups (broad SMARTS) is 1. The number of nitrogens with zero attached hydrogens (tertiary/aromatic N) is 4. The van der Waals surface area contributed by atoms with Crippen LogP contribution in [-0.2, 0) is 25.2 Å². The summed E-state index contributed by atoms with van der Waals surface area (Å²) in [7, 11) is 1.89. The second-order valence-electron chi connectivity index (χ2n) is 10.5. The topological polar surface area (TPSA) is 89.1 Å². The number of hydrogen-bond donors (Lipinski definition) is 1. The van der Waals surface area contributed by atoms with Crippen LogP contribution in [0.2, 0.25) is 0 Å². The largest absolute Gasteiger partial charge is 0.491 e. The van der Waals surface area contributed by atoms with Crippen LogP contribution in [0.25, 0.3) is 0 Å². The van der Waals surface area contributed by atoms with Crippen LogP contribution in [-0.4, -0.2) is 50.6 Å². The molecule has 1 saturated carbocycles. The van der Waals surface area contributed by atoms with Crippen molar-refractivity contribution in [2.75, 3.05) is 13.2 Å². The maximum atomic E-state index is 13.4.